The number of benzene rings is 1. The van der Waals surface area contributed by atoms with Crippen molar-refractivity contribution in [3.8, 4) is 5.75 Å². The van der Waals surface area contributed by atoms with Gasteiger partial charge in [-0.3, -0.25) is 0 Å². The number of esters is 2. The molecule has 5 nitrogen and oxygen atoms in total. The van der Waals surface area contributed by atoms with E-state index in [-0.39, 0.29) is 5.57 Å². The van der Waals surface area contributed by atoms with Crippen molar-refractivity contribution in [3.63, 3.8) is 0 Å². The molecule has 0 radical (unpaired) electrons. The van der Waals surface area contributed by atoms with Gasteiger partial charge in [-0.15, -0.1) is 0 Å². The van der Waals surface area contributed by atoms with Crippen LogP contribution in [0, 0.1) is 0 Å². The van der Waals surface area contributed by atoms with Crippen LogP contribution >= 0.6 is 31.9 Å². The highest BCUT2D eigenvalue weighted by atomic mass is 79.9. The van der Waals surface area contributed by atoms with Crippen LogP contribution in [0.5, 0.6) is 5.75 Å². The van der Waals surface area contributed by atoms with E-state index in [1.165, 1.54) is 6.08 Å². The molecular formula is C18H18Br2O5. The molecule has 1 aliphatic carbocycles. The first-order valence-corrected chi connectivity index (χ1v) is 9.83. The Morgan fingerprint density at radius 3 is 2.36 bits per heavy atom. The van der Waals surface area contributed by atoms with Gasteiger partial charge in [-0.05, 0) is 53.9 Å². The van der Waals surface area contributed by atoms with E-state index in [9.17, 15) is 9.59 Å². The molecule has 2 fully saturated rings. The van der Waals surface area contributed by atoms with E-state index in [0.717, 1.165) is 28.2 Å². The summed E-state index contributed by atoms with van der Waals surface area (Å²) in [4.78, 5) is 24.9. The summed E-state index contributed by atoms with van der Waals surface area (Å²) < 4.78 is 18.2. The Bertz CT molecular complexity index is 713. The predicted molar refractivity (Wildman–Crippen MR) is 99.0 cm³/mol. The molecule has 1 aromatic rings. The highest BCUT2D eigenvalue weighted by Gasteiger charge is 2.46. The minimum Gasteiger partial charge on any atom is -0.492 e. The first-order chi connectivity index (χ1) is 11.9. The smallest absolute Gasteiger partial charge is 0.348 e. The van der Waals surface area contributed by atoms with Gasteiger partial charge in [-0.25, -0.2) is 9.59 Å². The van der Waals surface area contributed by atoms with Crippen molar-refractivity contribution in [2.75, 3.05) is 6.61 Å². The van der Waals surface area contributed by atoms with Crippen molar-refractivity contribution in [2.24, 2.45) is 0 Å². The molecule has 1 saturated carbocycles. The van der Waals surface area contributed by atoms with E-state index < -0.39 is 17.7 Å². The zero-order chi connectivity index (χ0) is 18.0. The van der Waals surface area contributed by atoms with Crippen molar-refractivity contribution < 1.29 is 23.8 Å². The maximum absolute atomic E-state index is 12.5. The molecule has 0 aromatic heterocycles. The molecule has 1 heterocycles. The molecule has 0 unspecified atom stereocenters. The Hall–Kier alpha value is -1.34. The fourth-order valence-electron chi connectivity index (χ4n) is 3.10. The lowest BCUT2D eigenvalue weighted by atomic mass is 9.93. The van der Waals surface area contributed by atoms with Gasteiger partial charge in [0.05, 0.1) is 11.1 Å². The second kappa shape index (κ2) is 7.50. The average molecular weight is 474 g/mol. The van der Waals surface area contributed by atoms with Crippen LogP contribution in [0.4, 0.5) is 0 Å². The number of ether oxygens (including phenoxy) is 3. The molecule has 1 saturated heterocycles. The third kappa shape index (κ3) is 3.92. The number of halogens is 2. The van der Waals surface area contributed by atoms with Crippen LogP contribution in [0.3, 0.4) is 0 Å². The molecule has 1 spiro atoms. The minimum atomic E-state index is -1.08. The number of carbonyl (C=O) groups excluding carboxylic acids is 2. The normalized spacial score (nSPS) is 19.4. The van der Waals surface area contributed by atoms with Crippen LogP contribution in [0.1, 0.15) is 44.6 Å². The van der Waals surface area contributed by atoms with E-state index in [1.54, 1.807) is 6.07 Å². The van der Waals surface area contributed by atoms with Gasteiger partial charge in [-0.2, -0.15) is 0 Å². The second-order valence-corrected chi connectivity index (χ2v) is 7.82. The van der Waals surface area contributed by atoms with E-state index in [0.29, 0.717) is 30.8 Å². The van der Waals surface area contributed by atoms with Crippen LogP contribution in [0.15, 0.2) is 26.7 Å². The number of hydrogen-bond acceptors (Lipinski definition) is 5. The zero-order valence-electron chi connectivity index (χ0n) is 13.8. The summed E-state index contributed by atoms with van der Waals surface area (Å²) in [7, 11) is 0. The Morgan fingerprint density at radius 1 is 1.12 bits per heavy atom. The summed E-state index contributed by atoms with van der Waals surface area (Å²) in [6.07, 6.45) is 5.40. The standard InChI is InChI=1S/C18H18Br2O5/c1-2-23-15-11(8-12(19)10-14(15)20)9-13-16(21)24-18(25-17(13)22)6-4-3-5-7-18/h8-10H,2-7H2,1H3. The number of hydrogen-bond donors (Lipinski definition) is 0. The summed E-state index contributed by atoms with van der Waals surface area (Å²) in [6, 6.07) is 3.61. The molecule has 1 aromatic carbocycles. The second-order valence-electron chi connectivity index (χ2n) is 6.05. The molecule has 0 atom stereocenters. The van der Waals surface area contributed by atoms with Gasteiger partial charge in [0, 0.05) is 22.9 Å². The first kappa shape index (κ1) is 18.5. The maximum Gasteiger partial charge on any atom is 0.348 e. The lowest BCUT2D eigenvalue weighted by Gasteiger charge is -2.38. The first-order valence-electron chi connectivity index (χ1n) is 8.24. The average Bonchev–Trinajstić information content (AvgIpc) is 2.54. The lowest BCUT2D eigenvalue weighted by molar-refractivity contribution is -0.244. The van der Waals surface area contributed by atoms with Crippen LogP contribution in [0.2, 0.25) is 0 Å². The van der Waals surface area contributed by atoms with Crippen molar-refractivity contribution in [2.45, 2.75) is 44.8 Å². The molecule has 3 rings (SSSR count). The van der Waals surface area contributed by atoms with Crippen LogP contribution in [0.25, 0.3) is 6.08 Å². The summed E-state index contributed by atoms with van der Waals surface area (Å²) in [5.41, 5.74) is 0.466. The van der Waals surface area contributed by atoms with E-state index in [2.05, 4.69) is 31.9 Å². The van der Waals surface area contributed by atoms with Crippen molar-refractivity contribution in [1.82, 2.24) is 0 Å². The third-order valence-corrected chi connectivity index (χ3v) is 5.29. The number of rotatable bonds is 3. The van der Waals surface area contributed by atoms with Gasteiger partial charge in [0.15, 0.2) is 0 Å². The SMILES string of the molecule is CCOc1c(Br)cc(Br)cc1C=C1C(=O)OC2(CCCCC2)OC1=O. The largest absolute Gasteiger partial charge is 0.492 e. The van der Waals surface area contributed by atoms with Crippen molar-refractivity contribution in [3.05, 3.63) is 32.2 Å². The molecule has 2 aliphatic rings. The lowest BCUT2D eigenvalue weighted by Crippen LogP contribution is -2.47. The summed E-state index contributed by atoms with van der Waals surface area (Å²) in [5.74, 6) is -1.81. The maximum atomic E-state index is 12.5. The van der Waals surface area contributed by atoms with Gasteiger partial charge >= 0.3 is 11.9 Å². The topological polar surface area (TPSA) is 61.8 Å². The van der Waals surface area contributed by atoms with Gasteiger partial charge in [0.2, 0.25) is 0 Å². The zero-order valence-corrected chi connectivity index (χ0v) is 16.9. The Kier molecular flexibility index (Phi) is 5.53. The van der Waals surface area contributed by atoms with E-state index >= 15 is 0 Å². The molecule has 0 amide bonds. The van der Waals surface area contributed by atoms with Crippen LogP contribution in [-0.4, -0.2) is 24.3 Å². The monoisotopic (exact) mass is 472 g/mol. The Balaban J connectivity index is 1.94. The minimum absolute atomic E-state index is 0.123. The summed E-state index contributed by atoms with van der Waals surface area (Å²) in [6.45, 7) is 2.32. The van der Waals surface area contributed by atoms with Crippen LogP contribution < -0.4 is 4.74 Å². The highest BCUT2D eigenvalue weighted by Crippen LogP contribution is 2.39. The van der Waals surface area contributed by atoms with Crippen LogP contribution in [-0.2, 0) is 19.1 Å². The molecule has 7 heteroatoms. The fraction of sp³-hybridized carbons (Fsp3) is 0.444. The number of carbonyl (C=O) groups is 2. The Morgan fingerprint density at radius 2 is 1.76 bits per heavy atom. The summed E-state index contributed by atoms with van der Waals surface area (Å²) in [5, 5.41) is 0. The van der Waals surface area contributed by atoms with Gasteiger partial charge in [0.25, 0.3) is 5.79 Å². The fourth-order valence-corrected chi connectivity index (χ4v) is 4.48. The predicted octanol–water partition coefficient (Wildman–Crippen LogP) is 4.75. The molecule has 134 valence electrons. The third-order valence-electron chi connectivity index (χ3n) is 4.24. The van der Waals surface area contributed by atoms with Gasteiger partial charge in [-0.1, -0.05) is 22.4 Å². The molecule has 1 aliphatic heterocycles. The highest BCUT2D eigenvalue weighted by molar-refractivity contribution is 9.11. The van der Waals surface area contributed by atoms with E-state index in [1.807, 2.05) is 13.0 Å². The molecule has 25 heavy (non-hydrogen) atoms. The van der Waals surface area contributed by atoms with Gasteiger partial charge in [0.1, 0.15) is 11.3 Å². The van der Waals surface area contributed by atoms with E-state index in [4.69, 9.17) is 14.2 Å². The molecule has 0 N–H and O–H groups in total. The quantitative estimate of drug-likeness (QED) is 0.360. The van der Waals surface area contributed by atoms with Crippen molar-refractivity contribution in [1.29, 1.82) is 0 Å². The summed E-state index contributed by atoms with van der Waals surface area (Å²) >= 11 is 6.84. The Labute approximate surface area is 163 Å². The van der Waals surface area contributed by atoms with Gasteiger partial charge < -0.3 is 14.2 Å². The molecular weight excluding hydrogens is 456 g/mol. The molecule has 0 bridgehead atoms. The van der Waals surface area contributed by atoms with Crippen molar-refractivity contribution >= 4 is 49.9 Å².